The van der Waals surface area contributed by atoms with Crippen molar-refractivity contribution in [3.05, 3.63) is 65.3 Å². The second-order valence-corrected chi connectivity index (χ2v) is 6.34. The number of nitrogens with one attached hydrogen (secondary N) is 1. The van der Waals surface area contributed by atoms with Gasteiger partial charge in [-0.15, -0.1) is 11.3 Å². The van der Waals surface area contributed by atoms with Gasteiger partial charge in [-0.1, -0.05) is 24.3 Å². The van der Waals surface area contributed by atoms with E-state index in [0.29, 0.717) is 0 Å². The summed E-state index contributed by atoms with van der Waals surface area (Å²) in [6.07, 6.45) is 3.83. The van der Waals surface area contributed by atoms with Crippen LogP contribution in [0.4, 0.5) is 11.5 Å². The highest BCUT2D eigenvalue weighted by molar-refractivity contribution is 7.15. The number of thiazole rings is 1. The average molecular weight is 320 g/mol. The molecule has 0 spiro atoms. The SMILES string of the molecule is Cc1cccc(C)c1Nc1c(-c2ccccn2)nc2sccn12. The van der Waals surface area contributed by atoms with Crippen LogP contribution < -0.4 is 5.32 Å². The molecular formula is C18H16N4S. The number of benzene rings is 1. The van der Waals surface area contributed by atoms with E-state index in [1.54, 1.807) is 17.5 Å². The van der Waals surface area contributed by atoms with Crippen LogP contribution in [0.25, 0.3) is 16.3 Å². The van der Waals surface area contributed by atoms with E-state index >= 15 is 0 Å². The lowest BCUT2D eigenvalue weighted by Crippen LogP contribution is -2.00. The minimum Gasteiger partial charge on any atom is -0.339 e. The maximum Gasteiger partial charge on any atom is 0.195 e. The standard InChI is InChI=1S/C18H16N4S/c1-12-6-5-7-13(2)15(12)20-17-16(14-8-3-4-9-19-14)21-18-22(17)10-11-23-18/h3-11,20H,1-2H3. The van der Waals surface area contributed by atoms with Crippen molar-refractivity contribution in [2.45, 2.75) is 13.8 Å². The fraction of sp³-hybridized carbons (Fsp3) is 0.111. The Bertz CT molecular complexity index is 949. The highest BCUT2D eigenvalue weighted by atomic mass is 32.1. The number of aryl methyl sites for hydroxylation is 2. The number of hydrogen-bond acceptors (Lipinski definition) is 4. The van der Waals surface area contributed by atoms with Crippen LogP contribution in [0.5, 0.6) is 0 Å². The van der Waals surface area contributed by atoms with Crippen LogP contribution in [0.3, 0.4) is 0 Å². The van der Waals surface area contributed by atoms with Gasteiger partial charge in [0.1, 0.15) is 11.5 Å². The van der Waals surface area contributed by atoms with Gasteiger partial charge in [0.25, 0.3) is 0 Å². The summed E-state index contributed by atoms with van der Waals surface area (Å²) in [6.45, 7) is 4.23. The zero-order valence-corrected chi connectivity index (χ0v) is 13.8. The molecule has 0 atom stereocenters. The van der Waals surface area contributed by atoms with Crippen molar-refractivity contribution in [2.75, 3.05) is 5.32 Å². The van der Waals surface area contributed by atoms with Crippen molar-refractivity contribution in [1.82, 2.24) is 14.4 Å². The minimum atomic E-state index is 0.872. The highest BCUT2D eigenvalue weighted by Crippen LogP contribution is 2.33. The van der Waals surface area contributed by atoms with Crippen molar-refractivity contribution in [3.63, 3.8) is 0 Å². The van der Waals surface area contributed by atoms with Crippen LogP contribution >= 0.6 is 11.3 Å². The van der Waals surface area contributed by atoms with Gasteiger partial charge < -0.3 is 5.32 Å². The third-order valence-electron chi connectivity index (χ3n) is 3.89. The maximum absolute atomic E-state index is 4.75. The van der Waals surface area contributed by atoms with Crippen molar-refractivity contribution in [3.8, 4) is 11.4 Å². The maximum atomic E-state index is 4.75. The molecule has 5 heteroatoms. The number of aromatic nitrogens is 3. The molecule has 0 amide bonds. The average Bonchev–Trinajstić information content (AvgIpc) is 3.14. The summed E-state index contributed by atoms with van der Waals surface area (Å²) in [6, 6.07) is 12.2. The Hall–Kier alpha value is -2.66. The smallest absolute Gasteiger partial charge is 0.195 e. The molecule has 4 rings (SSSR count). The zero-order chi connectivity index (χ0) is 15.8. The van der Waals surface area contributed by atoms with Gasteiger partial charge >= 0.3 is 0 Å². The van der Waals surface area contributed by atoms with E-state index in [9.17, 15) is 0 Å². The molecule has 0 saturated heterocycles. The molecule has 0 bridgehead atoms. The number of rotatable bonds is 3. The van der Waals surface area contributed by atoms with Crippen LogP contribution in [0.15, 0.2) is 54.2 Å². The molecule has 0 aliphatic carbocycles. The summed E-state index contributed by atoms with van der Waals surface area (Å²) in [5.41, 5.74) is 5.29. The number of hydrogen-bond donors (Lipinski definition) is 1. The van der Waals surface area contributed by atoms with E-state index in [-0.39, 0.29) is 0 Å². The quantitative estimate of drug-likeness (QED) is 0.588. The number of nitrogens with zero attached hydrogens (tertiary/aromatic N) is 3. The fourth-order valence-corrected chi connectivity index (χ4v) is 3.43. The van der Waals surface area contributed by atoms with Crippen LogP contribution in [-0.2, 0) is 0 Å². The normalized spacial score (nSPS) is 11.0. The number of para-hydroxylation sites is 1. The third kappa shape index (κ3) is 2.39. The monoisotopic (exact) mass is 320 g/mol. The molecule has 0 radical (unpaired) electrons. The van der Waals surface area contributed by atoms with E-state index < -0.39 is 0 Å². The molecule has 23 heavy (non-hydrogen) atoms. The third-order valence-corrected chi connectivity index (χ3v) is 4.65. The first-order valence-electron chi connectivity index (χ1n) is 7.44. The molecule has 4 aromatic rings. The Balaban J connectivity index is 1.90. The Morgan fingerprint density at radius 3 is 2.61 bits per heavy atom. The Labute approximate surface area is 138 Å². The molecule has 0 unspecified atom stereocenters. The van der Waals surface area contributed by atoms with Gasteiger partial charge in [0.05, 0.1) is 5.69 Å². The fourth-order valence-electron chi connectivity index (χ4n) is 2.72. The first kappa shape index (κ1) is 14.0. The number of fused-ring (bicyclic) bond motifs is 1. The van der Waals surface area contributed by atoms with Gasteiger partial charge in [0.2, 0.25) is 0 Å². The summed E-state index contributed by atoms with van der Waals surface area (Å²) < 4.78 is 2.08. The summed E-state index contributed by atoms with van der Waals surface area (Å²) in [7, 11) is 0. The number of anilines is 2. The molecule has 0 aliphatic heterocycles. The van der Waals surface area contributed by atoms with E-state index in [4.69, 9.17) is 4.98 Å². The van der Waals surface area contributed by atoms with Gasteiger partial charge in [-0.25, -0.2) is 4.98 Å². The topological polar surface area (TPSA) is 42.2 Å². The van der Waals surface area contributed by atoms with Gasteiger partial charge in [0.15, 0.2) is 4.96 Å². The van der Waals surface area contributed by atoms with Crippen molar-refractivity contribution in [2.24, 2.45) is 0 Å². The Morgan fingerprint density at radius 2 is 1.87 bits per heavy atom. The number of imidazole rings is 1. The molecule has 0 aliphatic rings. The van der Waals surface area contributed by atoms with Crippen molar-refractivity contribution < 1.29 is 0 Å². The summed E-state index contributed by atoms with van der Waals surface area (Å²) in [5.74, 6) is 0.956. The lowest BCUT2D eigenvalue weighted by molar-refractivity contribution is 1.21. The molecule has 114 valence electrons. The van der Waals surface area contributed by atoms with E-state index in [1.807, 2.05) is 29.8 Å². The van der Waals surface area contributed by atoms with Crippen molar-refractivity contribution in [1.29, 1.82) is 0 Å². The second-order valence-electron chi connectivity index (χ2n) is 5.47. The minimum absolute atomic E-state index is 0.872. The molecule has 3 heterocycles. The first-order valence-corrected chi connectivity index (χ1v) is 8.32. The van der Waals surface area contributed by atoms with Gasteiger partial charge in [-0.3, -0.25) is 9.38 Å². The van der Waals surface area contributed by atoms with E-state index in [2.05, 4.69) is 46.7 Å². The predicted molar refractivity (Wildman–Crippen MR) is 95.5 cm³/mol. The molecule has 1 aromatic carbocycles. The van der Waals surface area contributed by atoms with Crippen LogP contribution in [0, 0.1) is 13.8 Å². The summed E-state index contributed by atoms with van der Waals surface area (Å²) >= 11 is 1.62. The summed E-state index contributed by atoms with van der Waals surface area (Å²) in [5, 5.41) is 5.63. The zero-order valence-electron chi connectivity index (χ0n) is 12.9. The molecule has 4 nitrogen and oxygen atoms in total. The first-order chi connectivity index (χ1) is 11.2. The molecule has 1 N–H and O–H groups in total. The highest BCUT2D eigenvalue weighted by Gasteiger charge is 2.17. The number of pyridine rings is 1. The van der Waals surface area contributed by atoms with Gasteiger partial charge in [-0.05, 0) is 37.1 Å². The molecular weight excluding hydrogens is 304 g/mol. The largest absolute Gasteiger partial charge is 0.339 e. The van der Waals surface area contributed by atoms with Crippen molar-refractivity contribution >= 4 is 27.8 Å². The van der Waals surface area contributed by atoms with Gasteiger partial charge in [0, 0.05) is 23.5 Å². The lowest BCUT2D eigenvalue weighted by Gasteiger charge is -2.13. The lowest BCUT2D eigenvalue weighted by atomic mass is 10.1. The van der Waals surface area contributed by atoms with Gasteiger partial charge in [-0.2, -0.15) is 0 Å². The Kier molecular flexibility index (Phi) is 3.35. The molecule has 0 saturated carbocycles. The molecule has 3 aromatic heterocycles. The predicted octanol–water partition coefficient (Wildman–Crippen LogP) is 4.82. The van der Waals surface area contributed by atoms with Crippen LogP contribution in [0.2, 0.25) is 0 Å². The second kappa shape index (κ2) is 5.52. The summed E-state index contributed by atoms with van der Waals surface area (Å²) in [4.78, 5) is 10.2. The Morgan fingerprint density at radius 1 is 1.04 bits per heavy atom. The van der Waals surface area contributed by atoms with E-state index in [0.717, 1.165) is 27.9 Å². The van der Waals surface area contributed by atoms with E-state index in [1.165, 1.54) is 11.1 Å². The van der Waals surface area contributed by atoms with Crippen LogP contribution in [-0.4, -0.2) is 14.4 Å². The van der Waals surface area contributed by atoms with Crippen LogP contribution in [0.1, 0.15) is 11.1 Å². The molecule has 0 fully saturated rings.